The van der Waals surface area contributed by atoms with Gasteiger partial charge in [0.2, 0.25) is 0 Å². The van der Waals surface area contributed by atoms with E-state index in [1.54, 1.807) is 11.3 Å². The minimum Gasteiger partial charge on any atom is -0.475 e. The van der Waals surface area contributed by atoms with Crippen molar-refractivity contribution in [1.29, 1.82) is 0 Å². The first-order valence-electron chi connectivity index (χ1n) is 9.81. The quantitative estimate of drug-likeness (QED) is 0.629. The zero-order valence-corrected chi connectivity index (χ0v) is 18.4. The van der Waals surface area contributed by atoms with Gasteiger partial charge in [-0.05, 0) is 50.6 Å². The van der Waals surface area contributed by atoms with E-state index in [2.05, 4.69) is 40.9 Å². The lowest BCUT2D eigenvalue weighted by atomic mass is 10.1. The Morgan fingerprint density at radius 1 is 1.25 bits per heavy atom. The Morgan fingerprint density at radius 3 is 2.56 bits per heavy atom. The van der Waals surface area contributed by atoms with Crippen molar-refractivity contribution in [3.8, 4) is 0 Å². The predicted octanol–water partition coefficient (Wildman–Crippen LogP) is 3.88. The summed E-state index contributed by atoms with van der Waals surface area (Å²) in [4.78, 5) is 26.9. The number of fused-ring (bicyclic) bond motifs is 2. The van der Waals surface area contributed by atoms with Crippen molar-refractivity contribution in [2.75, 3.05) is 27.2 Å². The number of rotatable bonds is 4. The van der Waals surface area contributed by atoms with Gasteiger partial charge in [-0.1, -0.05) is 18.2 Å². The summed E-state index contributed by atoms with van der Waals surface area (Å²) >= 11 is 1.58. The number of hydrogen-bond donors (Lipinski definition) is 1. The number of halogens is 3. The highest BCUT2D eigenvalue weighted by molar-refractivity contribution is 7.20. The molecule has 0 bridgehead atoms. The molecule has 1 unspecified atom stereocenters. The van der Waals surface area contributed by atoms with E-state index in [-0.39, 0.29) is 11.9 Å². The Hall–Kier alpha value is -2.92. The molecule has 0 saturated heterocycles. The number of alkyl halides is 3. The SMILES string of the molecule is CN(C)CCC1CN(C(=O)c2cc3ccccc3s2)Cc2ccnn21.O=C(O)C(F)(F)F. The predicted molar refractivity (Wildman–Crippen MR) is 115 cm³/mol. The number of thiophene rings is 1. The van der Waals surface area contributed by atoms with E-state index < -0.39 is 12.1 Å². The molecule has 0 aliphatic carbocycles. The number of nitrogens with zero attached hydrogens (tertiary/aromatic N) is 4. The van der Waals surface area contributed by atoms with E-state index in [1.165, 1.54) is 0 Å². The van der Waals surface area contributed by atoms with Gasteiger partial charge in [-0.15, -0.1) is 11.3 Å². The van der Waals surface area contributed by atoms with Gasteiger partial charge in [-0.3, -0.25) is 9.48 Å². The zero-order chi connectivity index (χ0) is 23.5. The second-order valence-corrected chi connectivity index (χ2v) is 8.73. The molecule has 172 valence electrons. The van der Waals surface area contributed by atoms with E-state index in [0.29, 0.717) is 6.54 Å². The molecule has 0 saturated carbocycles. The lowest BCUT2D eigenvalue weighted by Crippen LogP contribution is -2.41. The Bertz CT molecular complexity index is 1060. The molecule has 0 radical (unpaired) electrons. The molecular weight excluding hydrogens is 445 g/mol. The van der Waals surface area contributed by atoms with Crippen molar-refractivity contribution in [2.24, 2.45) is 0 Å². The summed E-state index contributed by atoms with van der Waals surface area (Å²) in [5, 5.41) is 12.7. The first kappa shape index (κ1) is 23.7. The maximum atomic E-state index is 13.1. The minimum atomic E-state index is -5.08. The lowest BCUT2D eigenvalue weighted by molar-refractivity contribution is -0.192. The van der Waals surface area contributed by atoms with Crippen molar-refractivity contribution in [3.63, 3.8) is 0 Å². The van der Waals surface area contributed by atoms with Gasteiger partial charge < -0.3 is 14.9 Å². The number of benzene rings is 1. The average molecular weight is 469 g/mol. The fraction of sp³-hybridized carbons (Fsp3) is 0.381. The van der Waals surface area contributed by atoms with Crippen molar-refractivity contribution in [2.45, 2.75) is 25.2 Å². The number of carbonyl (C=O) groups excluding carboxylic acids is 1. The smallest absolute Gasteiger partial charge is 0.475 e. The van der Waals surface area contributed by atoms with Crippen molar-refractivity contribution < 1.29 is 27.9 Å². The van der Waals surface area contributed by atoms with Gasteiger partial charge in [0.25, 0.3) is 5.91 Å². The van der Waals surface area contributed by atoms with Crippen LogP contribution in [0.5, 0.6) is 0 Å². The largest absolute Gasteiger partial charge is 0.490 e. The molecule has 11 heteroatoms. The van der Waals surface area contributed by atoms with E-state index in [4.69, 9.17) is 9.90 Å². The Kier molecular flexibility index (Phi) is 7.19. The number of carboxylic acid groups (broad SMARTS) is 1. The molecular formula is C21H23F3N4O3S. The number of carboxylic acids is 1. The molecule has 0 spiro atoms. The lowest BCUT2D eigenvalue weighted by Gasteiger charge is -2.34. The van der Waals surface area contributed by atoms with Crippen LogP contribution in [0, 0.1) is 0 Å². The third kappa shape index (κ3) is 5.65. The van der Waals surface area contributed by atoms with Gasteiger partial charge in [0.05, 0.1) is 23.2 Å². The third-order valence-electron chi connectivity index (χ3n) is 4.96. The van der Waals surface area contributed by atoms with Crippen LogP contribution in [0.1, 0.15) is 27.8 Å². The number of amides is 1. The normalized spacial score (nSPS) is 15.9. The van der Waals surface area contributed by atoms with E-state index in [9.17, 15) is 18.0 Å². The van der Waals surface area contributed by atoms with Gasteiger partial charge >= 0.3 is 12.1 Å². The highest BCUT2D eigenvalue weighted by Gasteiger charge is 2.38. The molecule has 4 rings (SSSR count). The summed E-state index contributed by atoms with van der Waals surface area (Å²) in [6, 6.07) is 12.4. The number of carbonyl (C=O) groups is 2. The van der Waals surface area contributed by atoms with Gasteiger partial charge in [-0.2, -0.15) is 18.3 Å². The molecule has 1 aliphatic heterocycles. The van der Waals surface area contributed by atoms with Crippen LogP contribution in [0.25, 0.3) is 10.1 Å². The molecule has 2 aromatic heterocycles. The van der Waals surface area contributed by atoms with Gasteiger partial charge in [-0.25, -0.2) is 4.79 Å². The third-order valence-corrected chi connectivity index (χ3v) is 6.06. The van der Waals surface area contributed by atoms with Crippen LogP contribution in [0.4, 0.5) is 13.2 Å². The molecule has 1 aliphatic rings. The second-order valence-electron chi connectivity index (χ2n) is 7.65. The summed E-state index contributed by atoms with van der Waals surface area (Å²) < 4.78 is 35.0. The Labute approximate surface area is 186 Å². The summed E-state index contributed by atoms with van der Waals surface area (Å²) in [5.74, 6) is -2.63. The molecule has 32 heavy (non-hydrogen) atoms. The van der Waals surface area contributed by atoms with Crippen LogP contribution in [0.3, 0.4) is 0 Å². The Morgan fingerprint density at radius 2 is 1.94 bits per heavy atom. The molecule has 1 N–H and O–H groups in total. The maximum Gasteiger partial charge on any atom is 0.490 e. The highest BCUT2D eigenvalue weighted by Crippen LogP contribution is 2.29. The second kappa shape index (κ2) is 9.70. The van der Waals surface area contributed by atoms with Gasteiger partial charge in [0, 0.05) is 17.4 Å². The topological polar surface area (TPSA) is 78.7 Å². The van der Waals surface area contributed by atoms with E-state index >= 15 is 0 Å². The molecule has 0 fully saturated rings. The number of hydrogen-bond acceptors (Lipinski definition) is 5. The number of aromatic nitrogens is 2. The Balaban J connectivity index is 0.000000360. The van der Waals surface area contributed by atoms with Gasteiger partial charge in [0.1, 0.15) is 0 Å². The monoisotopic (exact) mass is 468 g/mol. The fourth-order valence-electron chi connectivity index (χ4n) is 3.41. The first-order chi connectivity index (χ1) is 15.1. The highest BCUT2D eigenvalue weighted by atomic mass is 32.1. The van der Waals surface area contributed by atoms with Crippen LogP contribution in [0.15, 0.2) is 42.6 Å². The molecule has 1 atom stereocenters. The molecule has 7 nitrogen and oxygen atoms in total. The first-order valence-corrected chi connectivity index (χ1v) is 10.6. The standard InChI is InChI=1S/C19H22N4OS.C2HF3O2/c1-21(2)10-8-16-13-22(12-15-7-9-20-23(15)16)19(24)18-11-14-5-3-4-6-17(14)25-18;3-2(4,5)1(6)7/h3-7,9,11,16H,8,10,12-13H2,1-2H3;(H,6,7). The van der Waals surface area contributed by atoms with Crippen LogP contribution >= 0.6 is 11.3 Å². The zero-order valence-electron chi connectivity index (χ0n) is 17.5. The van der Waals surface area contributed by atoms with Crippen LogP contribution in [-0.4, -0.2) is 69.9 Å². The summed E-state index contributed by atoms with van der Waals surface area (Å²) in [6.45, 7) is 2.33. The van der Waals surface area contributed by atoms with E-state index in [0.717, 1.165) is 40.2 Å². The molecule has 1 aromatic carbocycles. The number of aliphatic carboxylic acids is 1. The summed E-state index contributed by atoms with van der Waals surface area (Å²) in [5.41, 5.74) is 1.12. The fourth-order valence-corrected chi connectivity index (χ4v) is 4.44. The molecule has 3 aromatic rings. The van der Waals surface area contributed by atoms with Crippen molar-refractivity contribution in [3.05, 3.63) is 53.2 Å². The van der Waals surface area contributed by atoms with E-state index in [1.807, 2.05) is 35.4 Å². The average Bonchev–Trinajstić information content (AvgIpc) is 3.37. The van der Waals surface area contributed by atoms with Crippen LogP contribution in [0.2, 0.25) is 0 Å². The summed E-state index contributed by atoms with van der Waals surface area (Å²) in [6.07, 6.45) is -2.26. The van der Waals surface area contributed by atoms with Crippen LogP contribution in [-0.2, 0) is 11.3 Å². The van der Waals surface area contributed by atoms with Crippen molar-refractivity contribution >= 4 is 33.3 Å². The molecule has 3 heterocycles. The summed E-state index contributed by atoms with van der Waals surface area (Å²) in [7, 11) is 4.15. The minimum absolute atomic E-state index is 0.128. The maximum absolute atomic E-state index is 13.1. The molecule has 1 amide bonds. The van der Waals surface area contributed by atoms with Crippen LogP contribution < -0.4 is 0 Å². The van der Waals surface area contributed by atoms with Crippen molar-refractivity contribution in [1.82, 2.24) is 19.6 Å². The van der Waals surface area contributed by atoms with Gasteiger partial charge in [0.15, 0.2) is 0 Å².